The van der Waals surface area contributed by atoms with Crippen molar-refractivity contribution in [3.63, 3.8) is 0 Å². The Bertz CT molecular complexity index is 375. The average molecular weight is 254 g/mol. The highest BCUT2D eigenvalue weighted by atomic mass is 16.5. The average Bonchev–Trinajstić information content (AvgIpc) is 2.27. The van der Waals surface area contributed by atoms with E-state index in [1.807, 2.05) is 6.92 Å². The van der Waals surface area contributed by atoms with Crippen LogP contribution in [-0.2, 0) is 4.74 Å². The lowest BCUT2D eigenvalue weighted by atomic mass is 10.3. The molecule has 6 nitrogen and oxygen atoms in total. The Morgan fingerprint density at radius 1 is 1.28 bits per heavy atom. The first-order chi connectivity index (χ1) is 8.61. The van der Waals surface area contributed by atoms with E-state index in [-0.39, 0.29) is 11.5 Å². The number of carbonyl (C=O) groups excluding carboxylic acids is 1. The van der Waals surface area contributed by atoms with Crippen LogP contribution in [0.15, 0.2) is 18.2 Å². The van der Waals surface area contributed by atoms with Crippen LogP contribution in [0.25, 0.3) is 0 Å². The topological polar surface area (TPSA) is 90.8 Å². The van der Waals surface area contributed by atoms with Crippen LogP contribution in [0.5, 0.6) is 11.5 Å². The van der Waals surface area contributed by atoms with Gasteiger partial charge >= 0.3 is 6.03 Å². The van der Waals surface area contributed by atoms with Crippen LogP contribution in [0.3, 0.4) is 0 Å². The van der Waals surface area contributed by atoms with Gasteiger partial charge in [0, 0.05) is 43.6 Å². The molecule has 6 heteroatoms. The third-order valence-corrected chi connectivity index (χ3v) is 2.12. The van der Waals surface area contributed by atoms with Crippen molar-refractivity contribution in [2.75, 3.05) is 25.1 Å². The summed E-state index contributed by atoms with van der Waals surface area (Å²) in [6.07, 6.45) is 0.729. The van der Waals surface area contributed by atoms with Crippen molar-refractivity contribution in [1.29, 1.82) is 0 Å². The van der Waals surface area contributed by atoms with Crippen molar-refractivity contribution in [3.8, 4) is 11.5 Å². The number of urea groups is 1. The largest absolute Gasteiger partial charge is 0.508 e. The van der Waals surface area contributed by atoms with Crippen LogP contribution < -0.4 is 10.6 Å². The van der Waals surface area contributed by atoms with E-state index in [1.54, 1.807) is 0 Å². The van der Waals surface area contributed by atoms with Gasteiger partial charge in [-0.25, -0.2) is 4.79 Å². The maximum Gasteiger partial charge on any atom is 0.319 e. The first-order valence-electron chi connectivity index (χ1n) is 5.77. The molecule has 1 aromatic rings. The molecule has 2 amide bonds. The number of carbonyl (C=O) groups is 1. The molecule has 0 atom stereocenters. The van der Waals surface area contributed by atoms with E-state index in [0.29, 0.717) is 25.4 Å². The molecule has 0 aromatic heterocycles. The number of ether oxygens (including phenoxy) is 1. The van der Waals surface area contributed by atoms with E-state index in [9.17, 15) is 15.0 Å². The molecular formula is C12H18N2O4. The summed E-state index contributed by atoms with van der Waals surface area (Å²) < 4.78 is 5.13. The second kappa shape index (κ2) is 7.39. The Balaban J connectivity index is 2.31. The van der Waals surface area contributed by atoms with Crippen LogP contribution in [-0.4, -0.2) is 36.0 Å². The number of hydrogen-bond acceptors (Lipinski definition) is 4. The SMILES string of the molecule is CCOCCCNC(=O)Nc1cc(O)cc(O)c1. The first-order valence-corrected chi connectivity index (χ1v) is 5.77. The number of hydrogen-bond donors (Lipinski definition) is 4. The molecule has 0 heterocycles. The Hall–Kier alpha value is -1.95. The molecule has 0 aliphatic heterocycles. The van der Waals surface area contributed by atoms with Gasteiger partial charge in [0.15, 0.2) is 0 Å². The van der Waals surface area contributed by atoms with Gasteiger partial charge in [0.25, 0.3) is 0 Å². The Morgan fingerprint density at radius 2 is 1.94 bits per heavy atom. The second-order valence-corrected chi connectivity index (χ2v) is 3.67. The van der Waals surface area contributed by atoms with E-state index < -0.39 is 6.03 Å². The Labute approximate surface area is 106 Å². The summed E-state index contributed by atoms with van der Waals surface area (Å²) in [6, 6.07) is 3.49. The number of anilines is 1. The quantitative estimate of drug-likeness (QED) is 0.581. The van der Waals surface area contributed by atoms with Crippen molar-refractivity contribution >= 4 is 11.7 Å². The van der Waals surface area contributed by atoms with Gasteiger partial charge in [0.2, 0.25) is 0 Å². The van der Waals surface area contributed by atoms with Crippen LogP contribution in [0.4, 0.5) is 10.5 Å². The van der Waals surface area contributed by atoms with Gasteiger partial charge in [-0.05, 0) is 13.3 Å². The summed E-state index contributed by atoms with van der Waals surface area (Å²) in [5, 5.41) is 23.6. The molecule has 0 aliphatic carbocycles. The minimum Gasteiger partial charge on any atom is -0.508 e. The van der Waals surface area contributed by atoms with Gasteiger partial charge in [0.1, 0.15) is 11.5 Å². The predicted molar refractivity (Wildman–Crippen MR) is 67.9 cm³/mol. The predicted octanol–water partition coefficient (Wildman–Crippen LogP) is 1.65. The fraction of sp³-hybridized carbons (Fsp3) is 0.417. The zero-order valence-electron chi connectivity index (χ0n) is 10.3. The lowest BCUT2D eigenvalue weighted by molar-refractivity contribution is 0.145. The molecule has 100 valence electrons. The van der Waals surface area contributed by atoms with Gasteiger partial charge in [-0.3, -0.25) is 0 Å². The summed E-state index contributed by atoms with van der Waals surface area (Å²) in [5.41, 5.74) is 0.329. The lowest BCUT2D eigenvalue weighted by Gasteiger charge is -2.08. The zero-order chi connectivity index (χ0) is 13.4. The van der Waals surface area contributed by atoms with Crippen LogP contribution in [0.1, 0.15) is 13.3 Å². The minimum atomic E-state index is -0.392. The van der Waals surface area contributed by atoms with Gasteiger partial charge < -0.3 is 25.6 Å². The fourth-order valence-electron chi connectivity index (χ4n) is 1.36. The third-order valence-electron chi connectivity index (χ3n) is 2.12. The molecule has 0 spiro atoms. The van der Waals surface area contributed by atoms with Gasteiger partial charge in [0.05, 0.1) is 0 Å². The number of rotatable bonds is 6. The molecular weight excluding hydrogens is 236 g/mol. The summed E-state index contributed by atoms with van der Waals surface area (Å²) in [7, 11) is 0. The van der Waals surface area contributed by atoms with E-state index >= 15 is 0 Å². The zero-order valence-corrected chi connectivity index (χ0v) is 10.3. The molecule has 18 heavy (non-hydrogen) atoms. The number of phenolic OH excluding ortho intramolecular Hbond substituents is 2. The molecule has 0 saturated carbocycles. The summed E-state index contributed by atoms with van der Waals surface area (Å²) in [4.78, 5) is 11.4. The van der Waals surface area contributed by atoms with E-state index in [2.05, 4.69) is 10.6 Å². The molecule has 0 fully saturated rings. The van der Waals surface area contributed by atoms with Gasteiger partial charge in [-0.2, -0.15) is 0 Å². The summed E-state index contributed by atoms with van der Waals surface area (Å²) >= 11 is 0. The molecule has 0 unspecified atom stereocenters. The van der Waals surface area contributed by atoms with E-state index in [4.69, 9.17) is 4.74 Å². The van der Waals surface area contributed by atoms with Crippen LogP contribution in [0, 0.1) is 0 Å². The highest BCUT2D eigenvalue weighted by Crippen LogP contribution is 2.23. The number of amides is 2. The standard InChI is InChI=1S/C12H18N2O4/c1-2-18-5-3-4-13-12(17)14-9-6-10(15)8-11(16)7-9/h6-8,15-16H,2-5H2,1H3,(H2,13,14,17). The van der Waals surface area contributed by atoms with Crippen molar-refractivity contribution in [2.24, 2.45) is 0 Å². The number of benzene rings is 1. The molecule has 1 aromatic carbocycles. The maximum absolute atomic E-state index is 11.4. The Morgan fingerprint density at radius 3 is 2.56 bits per heavy atom. The highest BCUT2D eigenvalue weighted by Gasteiger charge is 2.03. The van der Waals surface area contributed by atoms with Crippen molar-refractivity contribution in [2.45, 2.75) is 13.3 Å². The lowest BCUT2D eigenvalue weighted by Crippen LogP contribution is -2.30. The van der Waals surface area contributed by atoms with Crippen molar-refractivity contribution in [3.05, 3.63) is 18.2 Å². The van der Waals surface area contributed by atoms with Crippen molar-refractivity contribution < 1.29 is 19.7 Å². The molecule has 0 bridgehead atoms. The van der Waals surface area contributed by atoms with Crippen molar-refractivity contribution in [1.82, 2.24) is 5.32 Å². The normalized spacial score (nSPS) is 10.1. The minimum absolute atomic E-state index is 0.110. The van der Waals surface area contributed by atoms with Crippen LogP contribution >= 0.6 is 0 Å². The number of nitrogens with one attached hydrogen (secondary N) is 2. The third kappa shape index (κ3) is 5.40. The molecule has 1 rings (SSSR count). The Kier molecular flexibility index (Phi) is 5.79. The highest BCUT2D eigenvalue weighted by molar-refractivity contribution is 5.89. The smallest absolute Gasteiger partial charge is 0.319 e. The van der Waals surface area contributed by atoms with Crippen LogP contribution in [0.2, 0.25) is 0 Å². The van der Waals surface area contributed by atoms with E-state index in [1.165, 1.54) is 18.2 Å². The molecule has 0 aliphatic rings. The first kappa shape index (κ1) is 14.1. The van der Waals surface area contributed by atoms with Gasteiger partial charge in [-0.15, -0.1) is 0 Å². The fourth-order valence-corrected chi connectivity index (χ4v) is 1.36. The molecule has 0 radical (unpaired) electrons. The maximum atomic E-state index is 11.4. The summed E-state index contributed by atoms with van der Waals surface area (Å²) in [6.45, 7) is 3.67. The number of phenols is 2. The molecule has 0 saturated heterocycles. The van der Waals surface area contributed by atoms with E-state index in [0.717, 1.165) is 6.42 Å². The molecule has 4 N–H and O–H groups in total. The number of aromatic hydroxyl groups is 2. The van der Waals surface area contributed by atoms with Gasteiger partial charge in [-0.1, -0.05) is 0 Å². The second-order valence-electron chi connectivity index (χ2n) is 3.67. The monoisotopic (exact) mass is 254 g/mol. The summed E-state index contributed by atoms with van der Waals surface area (Å²) in [5.74, 6) is -0.219.